The summed E-state index contributed by atoms with van der Waals surface area (Å²) >= 11 is 0. The lowest BCUT2D eigenvalue weighted by Gasteiger charge is -2.12. The van der Waals surface area contributed by atoms with E-state index in [1.807, 2.05) is 13.8 Å². The van der Waals surface area contributed by atoms with Crippen LogP contribution < -0.4 is 10.1 Å². The molecule has 1 heterocycles. The van der Waals surface area contributed by atoms with Crippen molar-refractivity contribution in [3.05, 3.63) is 23.8 Å². The average molecular weight is 255 g/mol. The van der Waals surface area contributed by atoms with Gasteiger partial charge in [-0.05, 0) is 36.1 Å². The number of carbonyl (C=O) groups excluding carboxylic acids is 1. The summed E-state index contributed by atoms with van der Waals surface area (Å²) in [6.07, 6.45) is 0.691. The van der Waals surface area contributed by atoms with Gasteiger partial charge in [-0.3, -0.25) is 4.79 Å². The van der Waals surface area contributed by atoms with Crippen molar-refractivity contribution in [2.75, 3.05) is 5.32 Å². The fourth-order valence-electron chi connectivity index (χ4n) is 2.19. The van der Waals surface area contributed by atoms with Gasteiger partial charge in [0.2, 0.25) is 5.91 Å². The highest BCUT2D eigenvalue weighted by Gasteiger charge is 2.31. The Morgan fingerprint density at radius 2 is 2.11 bits per heavy atom. The first-order valence-electron chi connectivity index (χ1n) is 5.87. The molecule has 0 bridgehead atoms. The molecule has 1 aliphatic rings. The third-order valence-electron chi connectivity index (χ3n) is 2.91. The largest absolute Gasteiger partial charge is 0.435 e. The molecule has 1 amide bonds. The molecule has 0 aromatic heterocycles. The molecule has 1 N–H and O–H groups in total. The van der Waals surface area contributed by atoms with Gasteiger partial charge < -0.3 is 10.1 Å². The summed E-state index contributed by atoms with van der Waals surface area (Å²) < 4.78 is 28.7. The van der Waals surface area contributed by atoms with Crippen molar-refractivity contribution in [1.82, 2.24) is 0 Å². The molecular formula is C13H15F2NO2. The Hall–Kier alpha value is -1.65. The Balaban J connectivity index is 2.27. The predicted octanol–water partition coefficient (Wildman–Crippen LogP) is 3.37. The molecule has 1 aromatic rings. The van der Waals surface area contributed by atoms with Crippen molar-refractivity contribution >= 4 is 11.6 Å². The molecule has 2 rings (SSSR count). The highest BCUT2D eigenvalue weighted by Crippen LogP contribution is 2.38. The first-order valence-corrected chi connectivity index (χ1v) is 5.87. The van der Waals surface area contributed by atoms with Crippen LogP contribution in [-0.4, -0.2) is 12.5 Å². The van der Waals surface area contributed by atoms with E-state index in [-0.39, 0.29) is 17.6 Å². The lowest BCUT2D eigenvalue weighted by molar-refractivity contribution is -0.117. The molecule has 0 saturated heterocycles. The fraction of sp³-hybridized carbons (Fsp3) is 0.462. The highest BCUT2D eigenvalue weighted by atomic mass is 19.3. The van der Waals surface area contributed by atoms with E-state index in [1.165, 1.54) is 12.1 Å². The highest BCUT2D eigenvalue weighted by molar-refractivity contribution is 6.03. The van der Waals surface area contributed by atoms with E-state index >= 15 is 0 Å². The SMILES string of the molecule is CC(C)CC1C(=O)Nc2ccc(OC(F)F)cc21. The number of carbonyl (C=O) groups is 1. The van der Waals surface area contributed by atoms with Crippen molar-refractivity contribution in [2.24, 2.45) is 5.92 Å². The van der Waals surface area contributed by atoms with Gasteiger partial charge >= 0.3 is 6.61 Å². The number of ether oxygens (including phenoxy) is 1. The Morgan fingerprint density at radius 3 is 2.72 bits per heavy atom. The Bertz CT molecular complexity index is 460. The lowest BCUT2D eigenvalue weighted by atomic mass is 9.91. The number of alkyl halides is 2. The van der Waals surface area contributed by atoms with Crippen LogP contribution in [0.4, 0.5) is 14.5 Å². The van der Waals surface area contributed by atoms with E-state index in [2.05, 4.69) is 10.1 Å². The molecule has 3 nitrogen and oxygen atoms in total. The van der Waals surface area contributed by atoms with Crippen LogP contribution in [0.1, 0.15) is 31.7 Å². The molecule has 0 saturated carbocycles. The van der Waals surface area contributed by atoms with Crippen molar-refractivity contribution in [3.8, 4) is 5.75 Å². The molecule has 0 spiro atoms. The van der Waals surface area contributed by atoms with Gasteiger partial charge in [0, 0.05) is 5.69 Å². The molecule has 0 fully saturated rings. The van der Waals surface area contributed by atoms with Crippen molar-refractivity contribution in [3.63, 3.8) is 0 Å². The molecule has 98 valence electrons. The zero-order valence-corrected chi connectivity index (χ0v) is 10.2. The van der Waals surface area contributed by atoms with Crippen LogP contribution in [0, 0.1) is 5.92 Å². The van der Waals surface area contributed by atoms with Crippen molar-refractivity contribution in [1.29, 1.82) is 0 Å². The van der Waals surface area contributed by atoms with Gasteiger partial charge in [-0.25, -0.2) is 0 Å². The quantitative estimate of drug-likeness (QED) is 0.895. The number of benzene rings is 1. The van der Waals surface area contributed by atoms with E-state index in [0.717, 1.165) is 5.56 Å². The van der Waals surface area contributed by atoms with E-state index in [9.17, 15) is 13.6 Å². The van der Waals surface area contributed by atoms with Crippen molar-refractivity contribution in [2.45, 2.75) is 32.8 Å². The van der Waals surface area contributed by atoms with Crippen LogP contribution in [0.25, 0.3) is 0 Å². The average Bonchev–Trinajstić information content (AvgIpc) is 2.54. The molecule has 1 aliphatic heterocycles. The summed E-state index contributed by atoms with van der Waals surface area (Å²) in [5.74, 6) is 0.0921. The monoisotopic (exact) mass is 255 g/mol. The summed E-state index contributed by atoms with van der Waals surface area (Å²) in [4.78, 5) is 11.8. The zero-order chi connectivity index (χ0) is 13.3. The minimum atomic E-state index is -2.85. The number of hydrogen-bond donors (Lipinski definition) is 1. The van der Waals surface area contributed by atoms with Gasteiger partial charge in [0.25, 0.3) is 0 Å². The fourth-order valence-corrected chi connectivity index (χ4v) is 2.19. The summed E-state index contributed by atoms with van der Waals surface area (Å²) in [5, 5.41) is 2.75. The second kappa shape index (κ2) is 4.92. The summed E-state index contributed by atoms with van der Waals surface area (Å²) in [6.45, 7) is 1.19. The third kappa shape index (κ3) is 2.60. The zero-order valence-electron chi connectivity index (χ0n) is 10.2. The molecule has 1 unspecified atom stereocenters. The number of halogens is 2. The molecule has 1 atom stereocenters. The maximum Gasteiger partial charge on any atom is 0.387 e. The predicted molar refractivity (Wildman–Crippen MR) is 63.9 cm³/mol. The third-order valence-corrected chi connectivity index (χ3v) is 2.91. The van der Waals surface area contributed by atoms with Crippen molar-refractivity contribution < 1.29 is 18.3 Å². The van der Waals surface area contributed by atoms with E-state index < -0.39 is 6.61 Å². The van der Waals surface area contributed by atoms with Gasteiger partial charge in [-0.15, -0.1) is 0 Å². The van der Waals surface area contributed by atoms with Gasteiger partial charge in [-0.2, -0.15) is 8.78 Å². The van der Waals surface area contributed by atoms with Gasteiger partial charge in [-0.1, -0.05) is 13.8 Å². The molecule has 18 heavy (non-hydrogen) atoms. The number of anilines is 1. The van der Waals surface area contributed by atoms with Gasteiger partial charge in [0.05, 0.1) is 5.92 Å². The summed E-state index contributed by atoms with van der Waals surface area (Å²) in [7, 11) is 0. The second-order valence-corrected chi connectivity index (χ2v) is 4.80. The van der Waals surface area contributed by atoms with Crippen LogP contribution in [0.2, 0.25) is 0 Å². The maximum absolute atomic E-state index is 12.2. The van der Waals surface area contributed by atoms with E-state index in [0.29, 0.717) is 18.0 Å². The summed E-state index contributed by atoms with van der Waals surface area (Å²) in [5.41, 5.74) is 1.43. The number of fused-ring (bicyclic) bond motifs is 1. The molecule has 0 radical (unpaired) electrons. The maximum atomic E-state index is 12.2. The van der Waals surface area contributed by atoms with Crippen LogP contribution >= 0.6 is 0 Å². The number of amides is 1. The minimum Gasteiger partial charge on any atom is -0.435 e. The number of hydrogen-bond acceptors (Lipinski definition) is 2. The Morgan fingerprint density at radius 1 is 1.39 bits per heavy atom. The normalized spacial score (nSPS) is 18.1. The van der Waals surface area contributed by atoms with E-state index in [1.54, 1.807) is 6.07 Å². The van der Waals surface area contributed by atoms with Crippen LogP contribution in [0.3, 0.4) is 0 Å². The Kier molecular flexibility index (Phi) is 3.50. The lowest BCUT2D eigenvalue weighted by Crippen LogP contribution is -2.13. The topological polar surface area (TPSA) is 38.3 Å². The molecular weight excluding hydrogens is 240 g/mol. The Labute approximate surface area is 104 Å². The van der Waals surface area contributed by atoms with Gasteiger partial charge in [0.15, 0.2) is 0 Å². The molecule has 1 aromatic carbocycles. The smallest absolute Gasteiger partial charge is 0.387 e. The molecule has 0 aliphatic carbocycles. The summed E-state index contributed by atoms with van der Waals surface area (Å²) in [6, 6.07) is 4.56. The standard InChI is InChI=1S/C13H15F2NO2/c1-7(2)5-10-9-6-8(18-13(14)15)3-4-11(9)16-12(10)17/h3-4,6-7,10,13H,5H2,1-2H3,(H,16,17). The second-order valence-electron chi connectivity index (χ2n) is 4.80. The number of nitrogens with one attached hydrogen (secondary N) is 1. The molecule has 5 heteroatoms. The van der Waals surface area contributed by atoms with Crippen LogP contribution in [0.15, 0.2) is 18.2 Å². The van der Waals surface area contributed by atoms with Crippen LogP contribution in [0.5, 0.6) is 5.75 Å². The first-order chi connectivity index (χ1) is 8.47. The van der Waals surface area contributed by atoms with Crippen LogP contribution in [-0.2, 0) is 4.79 Å². The van der Waals surface area contributed by atoms with E-state index in [4.69, 9.17) is 0 Å². The first kappa shape index (κ1) is 12.8. The minimum absolute atomic E-state index is 0.0760. The number of rotatable bonds is 4. The van der Waals surface area contributed by atoms with Gasteiger partial charge in [0.1, 0.15) is 5.75 Å².